The van der Waals surface area contributed by atoms with Gasteiger partial charge in [0.05, 0.1) is 21.3 Å². The fourth-order valence-corrected chi connectivity index (χ4v) is 1.81. The van der Waals surface area contributed by atoms with E-state index < -0.39 is 4.92 Å². The first-order valence-electron chi connectivity index (χ1n) is 5.71. The minimum absolute atomic E-state index is 0.0706. The second kappa shape index (κ2) is 6.99. The molecule has 0 saturated carbocycles. The molecule has 0 N–H and O–H groups in total. The van der Waals surface area contributed by atoms with Gasteiger partial charge < -0.3 is 9.80 Å². The summed E-state index contributed by atoms with van der Waals surface area (Å²) in [5.41, 5.74) is 0.364. The fraction of sp³-hybridized carbons (Fsp3) is 0.333. The lowest BCUT2D eigenvalue weighted by molar-refractivity contribution is -0.385. The summed E-state index contributed by atoms with van der Waals surface area (Å²) >= 11 is 3.33. The van der Waals surface area contributed by atoms with Crippen LogP contribution in [0.25, 0.3) is 6.08 Å². The number of hydrogen-bond donors (Lipinski definition) is 0. The van der Waals surface area contributed by atoms with Crippen molar-refractivity contribution in [3.8, 4) is 0 Å². The Kier molecular flexibility index (Phi) is 5.63. The average Bonchev–Trinajstić information content (AvgIpc) is 2.34. The Labute approximate surface area is 125 Å². The largest absolute Gasteiger partial charge is 0.383 e. The van der Waals surface area contributed by atoms with Crippen LogP contribution in [0.15, 0.2) is 21.9 Å². The zero-order chi connectivity index (χ0) is 15.3. The summed E-state index contributed by atoms with van der Waals surface area (Å²) in [5.74, 6) is 0.391. The molecule has 0 bridgehead atoms. The first kappa shape index (κ1) is 16.1. The second-order valence-electron chi connectivity index (χ2n) is 4.44. The highest BCUT2D eigenvalue weighted by Crippen LogP contribution is 2.33. The van der Waals surface area contributed by atoms with Crippen molar-refractivity contribution in [1.29, 1.82) is 0 Å². The van der Waals surface area contributed by atoms with Crippen LogP contribution in [-0.4, -0.2) is 54.2 Å². The summed E-state index contributed by atoms with van der Waals surface area (Å²) in [6.07, 6.45) is 6.17. The number of pyridine rings is 1. The van der Waals surface area contributed by atoms with Gasteiger partial charge >= 0.3 is 0 Å². The first-order chi connectivity index (χ1) is 9.32. The Hall–Kier alpha value is -1.96. The minimum atomic E-state index is -0.466. The third-order valence-electron chi connectivity index (χ3n) is 2.16. The molecule has 20 heavy (non-hydrogen) atoms. The maximum Gasteiger partial charge on any atom is 0.296 e. The van der Waals surface area contributed by atoms with Gasteiger partial charge in [-0.3, -0.25) is 10.1 Å². The number of aliphatic imine (C=N–C) groups is 1. The number of hydrogen-bond acceptors (Lipinski definition) is 5. The minimum Gasteiger partial charge on any atom is -0.383 e. The standard InChI is InChI=1S/C12H16BrN5O2/c1-16(2)6-5-9-10(18(19)20)7-14-12(11(9)13)15-8-17(3)4/h5-8H,1-4H3. The van der Waals surface area contributed by atoms with Crippen LogP contribution in [0, 0.1) is 10.1 Å². The zero-order valence-electron chi connectivity index (χ0n) is 11.7. The maximum atomic E-state index is 11.0. The molecule has 0 unspecified atom stereocenters. The van der Waals surface area contributed by atoms with Gasteiger partial charge in [-0.2, -0.15) is 0 Å². The van der Waals surface area contributed by atoms with Gasteiger partial charge in [-0.05, 0) is 28.2 Å². The lowest BCUT2D eigenvalue weighted by atomic mass is 10.2. The number of nitrogens with zero attached hydrogens (tertiary/aromatic N) is 5. The maximum absolute atomic E-state index is 11.0. The number of nitro groups is 1. The molecule has 0 spiro atoms. The molecule has 0 fully saturated rings. The van der Waals surface area contributed by atoms with Crippen molar-refractivity contribution in [3.63, 3.8) is 0 Å². The van der Waals surface area contributed by atoms with Crippen molar-refractivity contribution in [2.24, 2.45) is 4.99 Å². The van der Waals surface area contributed by atoms with Crippen LogP contribution in [0.3, 0.4) is 0 Å². The molecular formula is C12H16BrN5O2. The van der Waals surface area contributed by atoms with Crippen molar-refractivity contribution in [2.45, 2.75) is 0 Å². The van der Waals surface area contributed by atoms with E-state index in [-0.39, 0.29) is 5.69 Å². The van der Waals surface area contributed by atoms with Gasteiger partial charge in [0.25, 0.3) is 5.69 Å². The monoisotopic (exact) mass is 341 g/mol. The van der Waals surface area contributed by atoms with Crippen LogP contribution in [0.5, 0.6) is 0 Å². The molecule has 0 amide bonds. The van der Waals surface area contributed by atoms with E-state index in [0.29, 0.717) is 15.9 Å². The molecule has 1 aromatic heterocycles. The molecule has 0 aromatic carbocycles. The van der Waals surface area contributed by atoms with Crippen molar-refractivity contribution < 1.29 is 4.92 Å². The molecule has 0 saturated heterocycles. The second-order valence-corrected chi connectivity index (χ2v) is 5.23. The Morgan fingerprint density at radius 2 is 2.00 bits per heavy atom. The lowest BCUT2D eigenvalue weighted by Gasteiger charge is -2.07. The Morgan fingerprint density at radius 1 is 1.35 bits per heavy atom. The first-order valence-corrected chi connectivity index (χ1v) is 6.50. The molecule has 1 aromatic rings. The van der Waals surface area contributed by atoms with Crippen LogP contribution < -0.4 is 0 Å². The van der Waals surface area contributed by atoms with E-state index in [1.54, 1.807) is 28.4 Å². The molecule has 0 atom stereocenters. The van der Waals surface area contributed by atoms with E-state index in [9.17, 15) is 10.1 Å². The van der Waals surface area contributed by atoms with Crippen LogP contribution in [0.1, 0.15) is 5.56 Å². The fourth-order valence-electron chi connectivity index (χ4n) is 1.27. The highest BCUT2D eigenvalue weighted by molar-refractivity contribution is 9.10. The van der Waals surface area contributed by atoms with Gasteiger partial charge in [0.1, 0.15) is 6.20 Å². The molecule has 108 valence electrons. The molecule has 0 aliphatic rings. The van der Waals surface area contributed by atoms with Crippen LogP contribution in [-0.2, 0) is 0 Å². The van der Waals surface area contributed by atoms with Crippen LogP contribution in [0.2, 0.25) is 0 Å². The smallest absolute Gasteiger partial charge is 0.296 e. The normalized spacial score (nSPS) is 11.2. The summed E-state index contributed by atoms with van der Waals surface area (Å²) in [6, 6.07) is 0. The topological polar surface area (TPSA) is 74.9 Å². The number of aromatic nitrogens is 1. The van der Waals surface area contributed by atoms with Crippen LogP contribution in [0.4, 0.5) is 11.5 Å². The quantitative estimate of drug-likeness (QED) is 0.356. The Bertz CT molecular complexity index is 555. The van der Waals surface area contributed by atoms with Gasteiger partial charge in [-0.25, -0.2) is 9.98 Å². The van der Waals surface area contributed by atoms with Gasteiger partial charge in [-0.1, -0.05) is 0 Å². The van der Waals surface area contributed by atoms with Gasteiger partial charge in [0, 0.05) is 28.2 Å². The van der Waals surface area contributed by atoms with Crippen molar-refractivity contribution in [3.05, 3.63) is 32.5 Å². The van der Waals surface area contributed by atoms with Crippen LogP contribution >= 0.6 is 15.9 Å². The van der Waals surface area contributed by atoms with Gasteiger partial charge in [0.15, 0.2) is 5.82 Å². The lowest BCUT2D eigenvalue weighted by Crippen LogP contribution is -2.07. The molecule has 0 aliphatic heterocycles. The van der Waals surface area contributed by atoms with Crippen molar-refractivity contribution in [2.75, 3.05) is 28.2 Å². The molecule has 1 heterocycles. The van der Waals surface area contributed by atoms with Gasteiger partial charge in [-0.15, -0.1) is 0 Å². The molecule has 7 nitrogen and oxygen atoms in total. The molecule has 1 rings (SSSR count). The summed E-state index contributed by atoms with van der Waals surface area (Å²) in [7, 11) is 7.33. The van der Waals surface area contributed by atoms with E-state index in [4.69, 9.17) is 0 Å². The van der Waals surface area contributed by atoms with E-state index in [1.165, 1.54) is 6.20 Å². The third-order valence-corrected chi connectivity index (χ3v) is 2.95. The highest BCUT2D eigenvalue weighted by atomic mass is 79.9. The predicted molar refractivity (Wildman–Crippen MR) is 83.2 cm³/mol. The summed E-state index contributed by atoms with van der Waals surface area (Å²) in [6.45, 7) is 0. The van der Waals surface area contributed by atoms with E-state index >= 15 is 0 Å². The number of halogens is 1. The SMILES string of the molecule is CN(C)C=Cc1c([N+](=O)[O-])cnc(N=CN(C)C)c1Br. The molecule has 0 aliphatic carbocycles. The van der Waals surface area contributed by atoms with E-state index in [0.717, 1.165) is 0 Å². The zero-order valence-corrected chi connectivity index (χ0v) is 13.3. The number of rotatable bonds is 5. The average molecular weight is 342 g/mol. The molecule has 0 radical (unpaired) electrons. The van der Waals surface area contributed by atoms with E-state index in [1.807, 2.05) is 28.2 Å². The molecule has 8 heteroatoms. The summed E-state index contributed by atoms with van der Waals surface area (Å²) in [4.78, 5) is 22.3. The Balaban J connectivity index is 3.34. The van der Waals surface area contributed by atoms with Crippen molar-refractivity contribution >= 4 is 39.8 Å². The third kappa shape index (κ3) is 4.30. The van der Waals surface area contributed by atoms with E-state index in [2.05, 4.69) is 25.9 Å². The summed E-state index contributed by atoms with van der Waals surface area (Å²) < 4.78 is 0.489. The predicted octanol–water partition coefficient (Wildman–Crippen LogP) is 2.51. The summed E-state index contributed by atoms with van der Waals surface area (Å²) in [5, 5.41) is 11.0. The molecular weight excluding hydrogens is 326 g/mol. The highest BCUT2D eigenvalue weighted by Gasteiger charge is 2.18. The van der Waals surface area contributed by atoms with Gasteiger partial charge in [0.2, 0.25) is 0 Å². The Morgan fingerprint density at radius 3 is 2.50 bits per heavy atom. The van der Waals surface area contributed by atoms with Crippen molar-refractivity contribution in [1.82, 2.24) is 14.8 Å².